The number of halogens is 1. The van der Waals surface area contributed by atoms with E-state index >= 15 is 0 Å². The smallest absolute Gasteiger partial charge is 0.228 e. The summed E-state index contributed by atoms with van der Waals surface area (Å²) in [6, 6.07) is 9.74. The minimum absolute atomic E-state index is 0.00786. The summed E-state index contributed by atoms with van der Waals surface area (Å²) in [6.45, 7) is 7.20. The maximum atomic E-state index is 13.2. The summed E-state index contributed by atoms with van der Waals surface area (Å²) in [5.74, 6) is 1.56. The van der Waals surface area contributed by atoms with Gasteiger partial charge in [-0.3, -0.25) is 9.59 Å². The molecule has 4 heterocycles. The van der Waals surface area contributed by atoms with Crippen molar-refractivity contribution < 1.29 is 9.59 Å². The van der Waals surface area contributed by atoms with E-state index in [4.69, 9.17) is 4.98 Å². The quantitative estimate of drug-likeness (QED) is 0.608. The molecule has 0 saturated carbocycles. The van der Waals surface area contributed by atoms with Crippen LogP contribution in [0.15, 0.2) is 34.8 Å². The Hall–Kier alpha value is -2.68. The van der Waals surface area contributed by atoms with Gasteiger partial charge in [-0.05, 0) is 44.4 Å². The Labute approximate surface area is 209 Å². The number of piperidine rings is 1. The summed E-state index contributed by atoms with van der Waals surface area (Å²) >= 11 is 3.46. The summed E-state index contributed by atoms with van der Waals surface area (Å²) < 4.78 is 0.922. The summed E-state index contributed by atoms with van der Waals surface area (Å²) in [4.78, 5) is 43.6. The average molecular weight is 527 g/mol. The van der Waals surface area contributed by atoms with Crippen molar-refractivity contribution in [3.05, 3.63) is 40.5 Å². The van der Waals surface area contributed by atoms with Gasteiger partial charge in [0.1, 0.15) is 5.82 Å². The van der Waals surface area contributed by atoms with Crippen LogP contribution < -0.4 is 14.7 Å². The highest BCUT2D eigenvalue weighted by molar-refractivity contribution is 9.10. The van der Waals surface area contributed by atoms with Crippen molar-refractivity contribution in [3.63, 3.8) is 0 Å². The fourth-order valence-corrected chi connectivity index (χ4v) is 5.50. The van der Waals surface area contributed by atoms with Crippen molar-refractivity contribution in [3.8, 4) is 0 Å². The van der Waals surface area contributed by atoms with E-state index in [1.807, 2.05) is 36.1 Å². The van der Waals surface area contributed by atoms with Crippen molar-refractivity contribution in [1.82, 2.24) is 14.9 Å². The Morgan fingerprint density at radius 3 is 2.47 bits per heavy atom. The van der Waals surface area contributed by atoms with Gasteiger partial charge in [0.2, 0.25) is 17.8 Å². The summed E-state index contributed by atoms with van der Waals surface area (Å²) in [5.41, 5.74) is 1.81. The molecule has 0 spiro atoms. The van der Waals surface area contributed by atoms with Crippen LogP contribution in [0.4, 0.5) is 17.5 Å². The van der Waals surface area contributed by atoms with Crippen LogP contribution in [0.3, 0.4) is 0 Å². The van der Waals surface area contributed by atoms with E-state index in [-0.39, 0.29) is 24.2 Å². The standard InChI is InChI=1S/C25H31BrN6O2/c1-18-14-22(29-8-3-2-4-9-29)28-25(27-18)31-12-10-30(11-13-31)24(34)19-15-23(33)32(17-19)21-7-5-6-20(26)16-21/h5-7,14,16,19H,2-4,8-13,15,17H2,1H3. The SMILES string of the molecule is Cc1cc(N2CCCCC2)nc(N2CCN(C(=O)C3CC(=O)N(c4cccc(Br)c4)C3)CC2)n1. The number of nitrogens with zero attached hydrogens (tertiary/aromatic N) is 6. The second-order valence-electron chi connectivity index (χ2n) is 9.41. The number of aromatic nitrogens is 2. The van der Waals surface area contributed by atoms with Crippen molar-refractivity contribution in [2.75, 3.05) is 60.5 Å². The molecule has 1 unspecified atom stereocenters. The highest BCUT2D eigenvalue weighted by Crippen LogP contribution is 2.29. The number of rotatable bonds is 4. The van der Waals surface area contributed by atoms with E-state index in [1.54, 1.807) is 4.90 Å². The van der Waals surface area contributed by atoms with Crippen molar-refractivity contribution >= 4 is 45.2 Å². The molecule has 2 amide bonds. The van der Waals surface area contributed by atoms with Gasteiger partial charge in [-0.15, -0.1) is 0 Å². The zero-order chi connectivity index (χ0) is 23.7. The van der Waals surface area contributed by atoms with E-state index in [9.17, 15) is 9.59 Å². The number of benzene rings is 1. The second kappa shape index (κ2) is 9.90. The number of hydrogen-bond acceptors (Lipinski definition) is 6. The number of carbonyl (C=O) groups is 2. The third kappa shape index (κ3) is 4.89. The third-order valence-electron chi connectivity index (χ3n) is 6.98. The molecule has 5 rings (SSSR count). The maximum absolute atomic E-state index is 13.2. The molecule has 0 aliphatic carbocycles. The van der Waals surface area contributed by atoms with Crippen molar-refractivity contribution in [2.24, 2.45) is 5.92 Å². The Balaban J connectivity index is 1.20. The van der Waals surface area contributed by atoms with Gasteiger partial charge in [0.05, 0.1) is 5.92 Å². The molecule has 2 aromatic rings. The third-order valence-corrected chi connectivity index (χ3v) is 7.47. The lowest BCUT2D eigenvalue weighted by Gasteiger charge is -2.36. The summed E-state index contributed by atoms with van der Waals surface area (Å²) in [6.07, 6.45) is 3.98. The molecule has 1 aromatic carbocycles. The molecular formula is C25H31BrN6O2. The van der Waals surface area contributed by atoms with Crippen LogP contribution in [0.1, 0.15) is 31.4 Å². The van der Waals surface area contributed by atoms with Crippen LogP contribution in [0.2, 0.25) is 0 Å². The minimum Gasteiger partial charge on any atom is -0.356 e. The highest BCUT2D eigenvalue weighted by atomic mass is 79.9. The zero-order valence-electron chi connectivity index (χ0n) is 19.6. The first-order valence-electron chi connectivity index (χ1n) is 12.2. The molecule has 34 heavy (non-hydrogen) atoms. The molecule has 180 valence electrons. The van der Waals surface area contributed by atoms with E-state index in [0.717, 1.165) is 40.7 Å². The van der Waals surface area contributed by atoms with Crippen LogP contribution >= 0.6 is 15.9 Å². The first-order chi connectivity index (χ1) is 16.5. The molecule has 0 N–H and O–H groups in total. The van der Waals surface area contributed by atoms with E-state index in [0.29, 0.717) is 32.7 Å². The van der Waals surface area contributed by atoms with E-state index in [1.165, 1.54) is 19.3 Å². The lowest BCUT2D eigenvalue weighted by atomic mass is 10.1. The van der Waals surface area contributed by atoms with E-state index in [2.05, 4.69) is 36.8 Å². The molecule has 0 bridgehead atoms. The maximum Gasteiger partial charge on any atom is 0.228 e. The number of amides is 2. The van der Waals surface area contributed by atoms with Crippen LogP contribution in [0, 0.1) is 12.8 Å². The molecule has 3 saturated heterocycles. The molecule has 0 radical (unpaired) electrons. The topological polar surface area (TPSA) is 72.9 Å². The average Bonchev–Trinajstić information content (AvgIpc) is 3.25. The number of anilines is 3. The number of hydrogen-bond donors (Lipinski definition) is 0. The Morgan fingerprint density at radius 1 is 0.971 bits per heavy atom. The largest absolute Gasteiger partial charge is 0.356 e. The first kappa shape index (κ1) is 23.1. The zero-order valence-corrected chi connectivity index (χ0v) is 21.2. The fraction of sp³-hybridized carbons (Fsp3) is 0.520. The predicted octanol–water partition coefficient (Wildman–Crippen LogP) is 3.24. The first-order valence-corrected chi connectivity index (χ1v) is 13.0. The van der Waals surface area contributed by atoms with Gasteiger partial charge in [0.15, 0.2) is 0 Å². The molecule has 8 nitrogen and oxygen atoms in total. The Morgan fingerprint density at radius 2 is 1.74 bits per heavy atom. The molecule has 1 atom stereocenters. The van der Waals surface area contributed by atoms with Crippen LogP contribution in [-0.4, -0.2) is 72.5 Å². The molecular weight excluding hydrogens is 496 g/mol. The minimum atomic E-state index is -0.293. The number of aryl methyl sites for hydroxylation is 1. The van der Waals surface area contributed by atoms with Gasteiger partial charge in [0, 0.05) is 74.2 Å². The number of carbonyl (C=O) groups excluding carboxylic acids is 2. The molecule has 9 heteroatoms. The van der Waals surface area contributed by atoms with Gasteiger partial charge in [-0.2, -0.15) is 4.98 Å². The van der Waals surface area contributed by atoms with E-state index < -0.39 is 0 Å². The molecule has 3 fully saturated rings. The van der Waals surface area contributed by atoms with Crippen LogP contribution in [0.5, 0.6) is 0 Å². The monoisotopic (exact) mass is 526 g/mol. The summed E-state index contributed by atoms with van der Waals surface area (Å²) in [7, 11) is 0. The lowest BCUT2D eigenvalue weighted by molar-refractivity contribution is -0.136. The fourth-order valence-electron chi connectivity index (χ4n) is 5.11. The van der Waals surface area contributed by atoms with Gasteiger partial charge in [0.25, 0.3) is 0 Å². The second-order valence-corrected chi connectivity index (χ2v) is 10.3. The highest BCUT2D eigenvalue weighted by Gasteiger charge is 2.38. The van der Waals surface area contributed by atoms with Crippen LogP contribution in [-0.2, 0) is 9.59 Å². The van der Waals surface area contributed by atoms with Gasteiger partial charge >= 0.3 is 0 Å². The van der Waals surface area contributed by atoms with Crippen LogP contribution in [0.25, 0.3) is 0 Å². The predicted molar refractivity (Wildman–Crippen MR) is 136 cm³/mol. The molecule has 1 aromatic heterocycles. The normalized spacial score (nSPS) is 21.4. The van der Waals surface area contributed by atoms with Gasteiger partial charge in [-0.25, -0.2) is 4.98 Å². The van der Waals surface area contributed by atoms with Crippen molar-refractivity contribution in [1.29, 1.82) is 0 Å². The van der Waals surface area contributed by atoms with Gasteiger partial charge < -0.3 is 19.6 Å². The Bertz CT molecular complexity index is 1070. The van der Waals surface area contributed by atoms with Crippen molar-refractivity contribution in [2.45, 2.75) is 32.6 Å². The number of piperazine rings is 1. The summed E-state index contributed by atoms with van der Waals surface area (Å²) in [5, 5.41) is 0. The molecule has 3 aliphatic heterocycles. The lowest BCUT2D eigenvalue weighted by Crippen LogP contribution is -2.51. The van der Waals surface area contributed by atoms with Gasteiger partial charge in [-0.1, -0.05) is 22.0 Å². The Kier molecular flexibility index (Phi) is 6.72. The molecule has 3 aliphatic rings.